The van der Waals surface area contributed by atoms with Crippen molar-refractivity contribution >= 4 is 49.4 Å². The summed E-state index contributed by atoms with van der Waals surface area (Å²) in [5.41, 5.74) is 11.2. The summed E-state index contributed by atoms with van der Waals surface area (Å²) < 4.78 is 24.8. The van der Waals surface area contributed by atoms with E-state index in [1.807, 2.05) is 6.07 Å². The van der Waals surface area contributed by atoms with Crippen LogP contribution in [-0.4, -0.2) is 109 Å². The van der Waals surface area contributed by atoms with Gasteiger partial charge in [0, 0.05) is 39.3 Å². The zero-order valence-electron chi connectivity index (χ0n) is 22.6. The molecule has 0 unspecified atom stereocenters. The van der Waals surface area contributed by atoms with Gasteiger partial charge in [-0.1, -0.05) is 0 Å². The second kappa shape index (κ2) is 14.5. The normalized spacial score (nSPS) is 12.0. The van der Waals surface area contributed by atoms with Gasteiger partial charge in [-0.15, -0.1) is 0 Å². The van der Waals surface area contributed by atoms with E-state index in [1.165, 1.54) is 12.7 Å². The van der Waals surface area contributed by atoms with E-state index in [4.69, 9.17) is 36.3 Å². The largest absolute Gasteiger partial charge is 0.369 e. The zero-order valence-corrected chi connectivity index (χ0v) is 24.4. The van der Waals surface area contributed by atoms with Crippen molar-refractivity contribution in [3.05, 3.63) is 33.4 Å². The number of nitrogens with one attached hydrogen (secondary N) is 3. The molecule has 0 saturated carbocycles. The third kappa shape index (κ3) is 10.3. The number of nitriles is 1. The summed E-state index contributed by atoms with van der Waals surface area (Å²) in [7, 11) is -8.10. The van der Waals surface area contributed by atoms with Crippen molar-refractivity contribution in [1.29, 1.82) is 5.26 Å². The molecule has 4 rings (SSSR count). The van der Waals surface area contributed by atoms with Crippen LogP contribution in [-0.2, 0) is 22.2 Å². The first-order valence-electron chi connectivity index (χ1n) is 12.5. The van der Waals surface area contributed by atoms with Crippen LogP contribution in [0, 0.1) is 11.3 Å². The molecule has 23 heteroatoms. The molecule has 0 radical (unpaired) electrons. The molecule has 11 N–H and O–H groups in total. The summed E-state index contributed by atoms with van der Waals surface area (Å²) >= 11 is 0. The van der Waals surface area contributed by atoms with Gasteiger partial charge in [0.25, 0.3) is 11.1 Å². The lowest BCUT2D eigenvalue weighted by atomic mass is 10.4. The molecule has 0 amide bonds. The van der Waals surface area contributed by atoms with Gasteiger partial charge in [0.1, 0.15) is 0 Å². The highest BCUT2D eigenvalue weighted by Crippen LogP contribution is 2.33. The number of H-pyrrole nitrogens is 2. The molecular weight excluding hydrogens is 612 g/mol. The van der Waals surface area contributed by atoms with Crippen LogP contribution in [0.5, 0.6) is 0 Å². The molecule has 4 aromatic heterocycles. The average Bonchev–Trinajstić information content (AvgIpc) is 3.49. The van der Waals surface area contributed by atoms with Gasteiger partial charge in [-0.05, 0) is 0 Å². The van der Waals surface area contributed by atoms with E-state index < -0.39 is 26.3 Å². The van der Waals surface area contributed by atoms with Crippen LogP contribution in [0.2, 0.25) is 0 Å². The molecule has 4 aromatic rings. The Bertz CT molecular complexity index is 1800. The SMILES string of the molecule is N#CCN(CCn1cnc2c(=O)[nH]c(N)nc21)CCP(=O)(O)O.Nc1nc2c(ncn2CCNCCP(=O)(O)O)c(=O)[nH]1. The minimum absolute atomic E-state index is 0.0127. The van der Waals surface area contributed by atoms with Crippen molar-refractivity contribution in [2.24, 2.45) is 0 Å². The van der Waals surface area contributed by atoms with Crippen LogP contribution >= 0.6 is 15.2 Å². The predicted octanol–water partition coefficient (Wildman–Crippen LogP) is -2.83. The number of nitrogens with zero attached hydrogens (tertiary/aromatic N) is 8. The smallest absolute Gasteiger partial charge is 0.326 e. The van der Waals surface area contributed by atoms with Gasteiger partial charge in [0.15, 0.2) is 22.3 Å². The standard InChI is InChI=1S/C11H16N7O4P.C9H15N6O4P/c12-1-2-17(5-6-23(20,21)22)3-4-18-7-14-8-9(18)15-11(13)16-10(8)19;10-9-13-7-6(8(16)14-9)12-5-15(7)3-1-11-2-4-20(17,18)19/h7H,2-6H2,(H2,20,21,22)(H3,13,15,16,19);5,11H,1-4H2,(H2,17,18,19)(H3,10,13,14,16). The topological polar surface area (TPSA) is 333 Å². The molecule has 0 aromatic carbocycles. The van der Waals surface area contributed by atoms with E-state index >= 15 is 0 Å². The number of fused-ring (bicyclic) bond motifs is 2. The van der Waals surface area contributed by atoms with Crippen LogP contribution in [0.1, 0.15) is 0 Å². The number of hydrogen-bond donors (Lipinski definition) is 9. The van der Waals surface area contributed by atoms with Crippen molar-refractivity contribution in [2.75, 3.05) is 56.5 Å². The predicted molar refractivity (Wildman–Crippen MR) is 154 cm³/mol. The highest BCUT2D eigenvalue weighted by molar-refractivity contribution is 7.52. The first-order valence-corrected chi connectivity index (χ1v) is 16.1. The first kappa shape index (κ1) is 33.5. The molecule has 0 spiro atoms. The summed E-state index contributed by atoms with van der Waals surface area (Å²) in [6.45, 7) is 1.91. The molecule has 21 nitrogen and oxygen atoms in total. The van der Waals surface area contributed by atoms with Crippen molar-refractivity contribution in [1.82, 2.24) is 49.3 Å². The van der Waals surface area contributed by atoms with Gasteiger partial charge in [-0.2, -0.15) is 15.2 Å². The maximum absolute atomic E-state index is 11.7. The van der Waals surface area contributed by atoms with Crippen molar-refractivity contribution < 1.29 is 28.7 Å². The lowest BCUT2D eigenvalue weighted by molar-refractivity contribution is 0.297. The molecule has 4 heterocycles. The van der Waals surface area contributed by atoms with Crippen molar-refractivity contribution in [3.63, 3.8) is 0 Å². The lowest BCUT2D eigenvalue weighted by Crippen LogP contribution is -2.30. The molecule has 0 bridgehead atoms. The number of anilines is 2. The fraction of sp³-hybridized carbons (Fsp3) is 0.450. The second-order valence-electron chi connectivity index (χ2n) is 9.08. The van der Waals surface area contributed by atoms with Crippen LogP contribution in [0.3, 0.4) is 0 Å². The number of nitrogens with two attached hydrogens (primary N) is 2. The second-order valence-corrected chi connectivity index (χ2v) is 12.6. The summed E-state index contributed by atoms with van der Waals surface area (Å²) in [5.74, 6) is -0.0154. The quantitative estimate of drug-likeness (QED) is 0.0403. The molecule has 43 heavy (non-hydrogen) atoms. The van der Waals surface area contributed by atoms with E-state index in [0.717, 1.165) is 0 Å². The highest BCUT2D eigenvalue weighted by Gasteiger charge is 2.17. The molecule has 0 fully saturated rings. The van der Waals surface area contributed by atoms with E-state index in [1.54, 1.807) is 14.0 Å². The maximum Gasteiger partial charge on any atom is 0.326 e. The zero-order chi connectivity index (χ0) is 31.8. The maximum atomic E-state index is 11.7. The first-order chi connectivity index (χ1) is 20.2. The molecule has 0 saturated heterocycles. The molecule has 234 valence electrons. The van der Waals surface area contributed by atoms with Crippen LogP contribution < -0.4 is 27.9 Å². The van der Waals surface area contributed by atoms with Gasteiger partial charge in [0.2, 0.25) is 11.9 Å². The third-order valence-electron chi connectivity index (χ3n) is 5.75. The van der Waals surface area contributed by atoms with Crippen LogP contribution in [0.15, 0.2) is 22.2 Å². The minimum atomic E-state index is -4.12. The lowest BCUT2D eigenvalue weighted by Gasteiger charge is -2.19. The Morgan fingerprint density at radius 2 is 1.37 bits per heavy atom. The Kier molecular flexibility index (Phi) is 11.3. The fourth-order valence-corrected chi connectivity index (χ4v) is 4.70. The average molecular weight is 643 g/mol. The molecule has 0 aliphatic heterocycles. The van der Waals surface area contributed by atoms with Crippen LogP contribution in [0.25, 0.3) is 22.3 Å². The number of hydrogen-bond acceptors (Lipinski definition) is 13. The van der Waals surface area contributed by atoms with E-state index in [-0.39, 0.29) is 54.9 Å². The fourth-order valence-electron chi connectivity index (χ4n) is 3.71. The Morgan fingerprint density at radius 3 is 1.86 bits per heavy atom. The Labute approximate surface area is 241 Å². The minimum Gasteiger partial charge on any atom is -0.369 e. The van der Waals surface area contributed by atoms with E-state index in [9.17, 15) is 18.7 Å². The number of aromatic nitrogens is 8. The Morgan fingerprint density at radius 1 is 0.860 bits per heavy atom. The summed E-state index contributed by atoms with van der Waals surface area (Å²) in [6.07, 6.45) is 2.35. The van der Waals surface area contributed by atoms with Gasteiger partial charge in [-0.3, -0.25) is 33.6 Å². The number of nitrogen functional groups attached to an aromatic ring is 2. The monoisotopic (exact) mass is 643 g/mol. The Balaban J connectivity index is 0.000000238. The molecular formula is C20H31N13O8P2. The van der Waals surface area contributed by atoms with E-state index in [2.05, 4.69) is 35.2 Å². The van der Waals surface area contributed by atoms with Gasteiger partial charge < -0.3 is 45.5 Å². The Hall–Kier alpha value is -3.99. The van der Waals surface area contributed by atoms with Crippen molar-refractivity contribution in [2.45, 2.75) is 13.1 Å². The summed E-state index contributed by atoms with van der Waals surface area (Å²) in [4.78, 5) is 80.7. The third-order valence-corrected chi connectivity index (χ3v) is 7.34. The van der Waals surface area contributed by atoms with Gasteiger partial charge in [0.05, 0.1) is 37.6 Å². The molecule has 0 aliphatic rings. The molecule has 0 aliphatic carbocycles. The summed E-state index contributed by atoms with van der Waals surface area (Å²) in [5, 5.41) is 11.7. The van der Waals surface area contributed by atoms with Gasteiger partial charge >= 0.3 is 15.2 Å². The van der Waals surface area contributed by atoms with Crippen LogP contribution in [0.4, 0.5) is 11.9 Å². The van der Waals surface area contributed by atoms with Gasteiger partial charge in [-0.25, -0.2) is 9.97 Å². The highest BCUT2D eigenvalue weighted by atomic mass is 31.2. The number of rotatable bonds is 13. The van der Waals surface area contributed by atoms with E-state index in [0.29, 0.717) is 37.5 Å². The number of aromatic amines is 2. The molecule has 0 atom stereocenters. The van der Waals surface area contributed by atoms with Crippen molar-refractivity contribution in [3.8, 4) is 6.07 Å². The summed E-state index contributed by atoms with van der Waals surface area (Å²) in [6, 6.07) is 1.95. The number of imidazole rings is 2.